The van der Waals surface area contributed by atoms with Crippen LogP contribution in [0.3, 0.4) is 0 Å². The Morgan fingerprint density at radius 2 is 1.74 bits per heavy atom. The molecule has 0 aromatic heterocycles. The molecule has 0 aliphatic carbocycles. The van der Waals surface area contributed by atoms with Crippen molar-refractivity contribution in [1.82, 2.24) is 0 Å². The molecule has 1 rings (SSSR count). The highest BCUT2D eigenvalue weighted by atomic mass is 16.5. The van der Waals surface area contributed by atoms with E-state index < -0.39 is 5.97 Å². The molecule has 128 valence electrons. The van der Waals surface area contributed by atoms with Crippen molar-refractivity contribution in [3.8, 4) is 11.5 Å². The van der Waals surface area contributed by atoms with Gasteiger partial charge in [-0.15, -0.1) is 0 Å². The summed E-state index contributed by atoms with van der Waals surface area (Å²) in [4.78, 5) is 23.6. The summed E-state index contributed by atoms with van der Waals surface area (Å²) >= 11 is 0. The average molecular weight is 322 g/mol. The van der Waals surface area contributed by atoms with E-state index in [9.17, 15) is 9.59 Å². The number of ketones is 1. The zero-order valence-electron chi connectivity index (χ0n) is 14.2. The fourth-order valence-corrected chi connectivity index (χ4v) is 2.56. The first-order valence-electron chi connectivity index (χ1n) is 8.03. The summed E-state index contributed by atoms with van der Waals surface area (Å²) in [6.07, 6.45) is 5.43. The lowest BCUT2D eigenvalue weighted by atomic mass is 9.96. The van der Waals surface area contributed by atoms with Gasteiger partial charge in [0, 0.05) is 12.5 Å². The summed E-state index contributed by atoms with van der Waals surface area (Å²) in [5, 5.41) is 9.08. The molecule has 0 spiro atoms. The maximum atomic E-state index is 12.5. The summed E-state index contributed by atoms with van der Waals surface area (Å²) in [6, 6.07) is 3.22. The van der Waals surface area contributed by atoms with Gasteiger partial charge in [0.05, 0.1) is 26.2 Å². The van der Waals surface area contributed by atoms with Gasteiger partial charge in [-0.3, -0.25) is 9.59 Å². The molecule has 0 radical (unpaired) electrons. The predicted molar refractivity (Wildman–Crippen MR) is 88.6 cm³/mol. The van der Waals surface area contributed by atoms with Crippen LogP contribution in [0.25, 0.3) is 0 Å². The van der Waals surface area contributed by atoms with Crippen molar-refractivity contribution in [2.45, 2.75) is 51.9 Å². The lowest BCUT2D eigenvalue weighted by Crippen LogP contribution is -2.11. The SMILES string of the molecule is CCCCCCCC(=O)c1c(CC(=O)O)cc(OC)cc1OC. The fraction of sp³-hybridized carbons (Fsp3) is 0.556. The van der Waals surface area contributed by atoms with E-state index in [1.54, 1.807) is 12.1 Å². The van der Waals surface area contributed by atoms with Gasteiger partial charge in [0.15, 0.2) is 5.78 Å². The Morgan fingerprint density at radius 3 is 2.30 bits per heavy atom. The second kappa shape index (κ2) is 9.87. The third-order valence-corrected chi connectivity index (χ3v) is 3.74. The highest BCUT2D eigenvalue weighted by molar-refractivity contribution is 6.01. The van der Waals surface area contributed by atoms with Crippen LogP contribution < -0.4 is 9.47 Å². The first kappa shape index (κ1) is 19.0. The molecule has 0 atom stereocenters. The summed E-state index contributed by atoms with van der Waals surface area (Å²) in [5.41, 5.74) is 0.804. The predicted octanol–water partition coefficient (Wildman–Crippen LogP) is 3.87. The second-order valence-electron chi connectivity index (χ2n) is 5.52. The van der Waals surface area contributed by atoms with Crippen LogP contribution in [0, 0.1) is 0 Å². The minimum Gasteiger partial charge on any atom is -0.497 e. The Kier molecular flexibility index (Phi) is 8.16. The Labute approximate surface area is 137 Å². The number of benzene rings is 1. The monoisotopic (exact) mass is 322 g/mol. The third-order valence-electron chi connectivity index (χ3n) is 3.74. The lowest BCUT2D eigenvalue weighted by molar-refractivity contribution is -0.136. The Bertz CT molecular complexity index is 536. The molecule has 0 saturated heterocycles. The summed E-state index contributed by atoms with van der Waals surface area (Å²) < 4.78 is 10.4. The van der Waals surface area contributed by atoms with Crippen LogP contribution in [0.15, 0.2) is 12.1 Å². The van der Waals surface area contributed by atoms with E-state index >= 15 is 0 Å². The van der Waals surface area contributed by atoms with E-state index in [-0.39, 0.29) is 12.2 Å². The number of methoxy groups -OCH3 is 2. The normalized spacial score (nSPS) is 10.4. The fourth-order valence-electron chi connectivity index (χ4n) is 2.56. The van der Waals surface area contributed by atoms with Gasteiger partial charge >= 0.3 is 5.97 Å². The Hall–Kier alpha value is -2.04. The molecule has 1 aromatic rings. The number of carboxylic acids is 1. The summed E-state index contributed by atoms with van der Waals surface area (Å²) in [5.74, 6) is -0.202. The van der Waals surface area contributed by atoms with Crippen molar-refractivity contribution in [2.75, 3.05) is 14.2 Å². The Morgan fingerprint density at radius 1 is 1.04 bits per heavy atom. The number of aliphatic carboxylic acids is 1. The number of carbonyl (C=O) groups excluding carboxylic acids is 1. The largest absolute Gasteiger partial charge is 0.497 e. The van der Waals surface area contributed by atoms with Crippen molar-refractivity contribution < 1.29 is 24.2 Å². The molecule has 0 aliphatic heterocycles. The Balaban J connectivity index is 2.96. The van der Waals surface area contributed by atoms with Crippen molar-refractivity contribution in [3.63, 3.8) is 0 Å². The van der Waals surface area contributed by atoms with Gasteiger partial charge in [0.2, 0.25) is 0 Å². The summed E-state index contributed by atoms with van der Waals surface area (Å²) in [7, 11) is 2.96. The molecule has 5 heteroatoms. The van der Waals surface area contributed by atoms with Crippen molar-refractivity contribution in [3.05, 3.63) is 23.3 Å². The molecule has 0 unspecified atom stereocenters. The number of hydrogen-bond acceptors (Lipinski definition) is 4. The zero-order chi connectivity index (χ0) is 17.2. The van der Waals surface area contributed by atoms with E-state index in [0.29, 0.717) is 29.0 Å². The number of unbranched alkanes of at least 4 members (excludes halogenated alkanes) is 4. The van der Waals surface area contributed by atoms with Crippen molar-refractivity contribution >= 4 is 11.8 Å². The number of Topliss-reactive ketones (excluding diaryl/α,β-unsaturated/α-hetero) is 1. The van der Waals surface area contributed by atoms with Gasteiger partial charge in [0.1, 0.15) is 11.5 Å². The molecule has 0 heterocycles. The molecule has 0 bridgehead atoms. The van der Waals surface area contributed by atoms with E-state index in [2.05, 4.69) is 6.92 Å². The van der Waals surface area contributed by atoms with E-state index in [4.69, 9.17) is 14.6 Å². The maximum Gasteiger partial charge on any atom is 0.307 e. The molecule has 0 amide bonds. The number of carbonyl (C=O) groups is 2. The molecule has 1 aromatic carbocycles. The molecular weight excluding hydrogens is 296 g/mol. The topological polar surface area (TPSA) is 72.8 Å². The van der Waals surface area contributed by atoms with E-state index in [1.165, 1.54) is 20.6 Å². The molecule has 5 nitrogen and oxygen atoms in total. The van der Waals surface area contributed by atoms with Gasteiger partial charge in [-0.1, -0.05) is 32.6 Å². The molecule has 23 heavy (non-hydrogen) atoms. The summed E-state index contributed by atoms with van der Waals surface area (Å²) in [6.45, 7) is 2.14. The van der Waals surface area contributed by atoms with E-state index in [0.717, 1.165) is 25.7 Å². The van der Waals surface area contributed by atoms with Gasteiger partial charge in [-0.25, -0.2) is 0 Å². The van der Waals surface area contributed by atoms with Crippen LogP contribution in [0.2, 0.25) is 0 Å². The first-order valence-corrected chi connectivity index (χ1v) is 8.03. The first-order chi connectivity index (χ1) is 11.0. The number of carboxylic acid groups (broad SMARTS) is 1. The van der Waals surface area contributed by atoms with Crippen LogP contribution in [-0.2, 0) is 11.2 Å². The highest BCUT2D eigenvalue weighted by Crippen LogP contribution is 2.31. The van der Waals surface area contributed by atoms with Crippen molar-refractivity contribution in [2.24, 2.45) is 0 Å². The van der Waals surface area contributed by atoms with Crippen LogP contribution in [0.1, 0.15) is 61.4 Å². The highest BCUT2D eigenvalue weighted by Gasteiger charge is 2.20. The smallest absolute Gasteiger partial charge is 0.307 e. The minimum atomic E-state index is -0.989. The van der Waals surface area contributed by atoms with Crippen LogP contribution in [0.4, 0.5) is 0 Å². The van der Waals surface area contributed by atoms with Gasteiger partial charge in [-0.2, -0.15) is 0 Å². The van der Waals surface area contributed by atoms with Crippen LogP contribution in [0.5, 0.6) is 11.5 Å². The van der Waals surface area contributed by atoms with Gasteiger partial charge in [0.25, 0.3) is 0 Å². The molecule has 0 fully saturated rings. The molecule has 1 N–H and O–H groups in total. The second-order valence-corrected chi connectivity index (χ2v) is 5.52. The van der Waals surface area contributed by atoms with Crippen LogP contribution in [-0.4, -0.2) is 31.1 Å². The lowest BCUT2D eigenvalue weighted by Gasteiger charge is -2.14. The molecular formula is C18H26O5. The number of ether oxygens (including phenoxy) is 2. The molecule has 0 aliphatic rings. The molecule has 0 saturated carbocycles. The van der Waals surface area contributed by atoms with Gasteiger partial charge in [-0.05, 0) is 18.1 Å². The van der Waals surface area contributed by atoms with Gasteiger partial charge < -0.3 is 14.6 Å². The number of hydrogen-bond donors (Lipinski definition) is 1. The van der Waals surface area contributed by atoms with Crippen molar-refractivity contribution in [1.29, 1.82) is 0 Å². The third kappa shape index (κ3) is 5.93. The zero-order valence-corrected chi connectivity index (χ0v) is 14.2. The average Bonchev–Trinajstić information content (AvgIpc) is 2.52. The minimum absolute atomic E-state index is 0.0720. The van der Waals surface area contributed by atoms with Crippen LogP contribution >= 0.6 is 0 Å². The quantitative estimate of drug-likeness (QED) is 0.494. The maximum absolute atomic E-state index is 12.5. The van der Waals surface area contributed by atoms with E-state index in [1.807, 2.05) is 0 Å². The standard InChI is InChI=1S/C18H26O5/c1-4-5-6-7-8-9-15(19)18-13(11-17(20)21)10-14(22-2)12-16(18)23-3/h10,12H,4-9,11H2,1-3H3,(H,20,21). The number of rotatable bonds is 11.